The van der Waals surface area contributed by atoms with Gasteiger partial charge in [-0.2, -0.15) is 0 Å². The van der Waals surface area contributed by atoms with Gasteiger partial charge in [0.2, 0.25) is 0 Å². The van der Waals surface area contributed by atoms with Gasteiger partial charge in [0.05, 0.1) is 5.69 Å². The Labute approximate surface area is 138 Å². The van der Waals surface area contributed by atoms with Crippen molar-refractivity contribution in [1.29, 1.82) is 0 Å². The van der Waals surface area contributed by atoms with E-state index in [0.29, 0.717) is 12.2 Å². The summed E-state index contributed by atoms with van der Waals surface area (Å²) < 4.78 is 19.0. The first-order chi connectivity index (χ1) is 10.9. The van der Waals surface area contributed by atoms with E-state index in [4.69, 9.17) is 4.74 Å². The van der Waals surface area contributed by atoms with Gasteiger partial charge in [0.25, 0.3) is 0 Å². The maximum Gasteiger partial charge on any atom is 0.323 e. The summed E-state index contributed by atoms with van der Waals surface area (Å²) in [5.41, 5.74) is 0.0789. The molecule has 1 saturated heterocycles. The molecule has 1 unspecified atom stereocenters. The molecular weight excluding hydrogens is 295 g/mol. The Morgan fingerprint density at radius 3 is 2.83 bits per heavy atom. The van der Waals surface area contributed by atoms with E-state index in [1.165, 1.54) is 6.07 Å². The van der Waals surface area contributed by atoms with Gasteiger partial charge in [-0.3, -0.25) is 9.69 Å². The van der Waals surface area contributed by atoms with Gasteiger partial charge < -0.3 is 10.1 Å². The number of ether oxygens (including phenoxy) is 1. The highest BCUT2D eigenvalue weighted by Crippen LogP contribution is 2.21. The fourth-order valence-electron chi connectivity index (χ4n) is 2.84. The van der Waals surface area contributed by atoms with Crippen molar-refractivity contribution in [3.63, 3.8) is 0 Å². The van der Waals surface area contributed by atoms with Crippen LogP contribution in [0.25, 0.3) is 0 Å². The normalized spacial score (nSPS) is 18.9. The van der Waals surface area contributed by atoms with Crippen molar-refractivity contribution < 1.29 is 13.9 Å². The highest BCUT2D eigenvalue weighted by Gasteiger charge is 2.33. The predicted molar refractivity (Wildman–Crippen MR) is 89.9 cm³/mol. The van der Waals surface area contributed by atoms with Crippen LogP contribution in [0.5, 0.6) is 0 Å². The molecule has 0 aliphatic carbocycles. The summed E-state index contributed by atoms with van der Waals surface area (Å²) in [5.74, 6) is -0.364. The monoisotopic (exact) mass is 322 g/mol. The molecule has 23 heavy (non-hydrogen) atoms. The Kier molecular flexibility index (Phi) is 5.99. The Morgan fingerprint density at radius 1 is 1.39 bits per heavy atom. The molecule has 1 heterocycles. The van der Waals surface area contributed by atoms with Gasteiger partial charge >= 0.3 is 5.97 Å². The molecule has 0 bridgehead atoms. The zero-order chi connectivity index (χ0) is 16.9. The van der Waals surface area contributed by atoms with Crippen molar-refractivity contribution in [3.05, 3.63) is 30.1 Å². The summed E-state index contributed by atoms with van der Waals surface area (Å²) >= 11 is 0. The Balaban J connectivity index is 1.76. The van der Waals surface area contributed by atoms with Crippen LogP contribution in [-0.2, 0) is 9.53 Å². The number of carbonyl (C=O) groups is 1. The van der Waals surface area contributed by atoms with Gasteiger partial charge in [-0.25, -0.2) is 4.39 Å². The van der Waals surface area contributed by atoms with Gasteiger partial charge in [0.1, 0.15) is 17.5 Å². The van der Waals surface area contributed by atoms with Crippen LogP contribution in [0.15, 0.2) is 24.3 Å². The van der Waals surface area contributed by atoms with E-state index in [1.54, 1.807) is 12.1 Å². The number of esters is 1. The van der Waals surface area contributed by atoms with Crippen LogP contribution in [-0.4, -0.2) is 42.1 Å². The molecule has 1 aliphatic rings. The van der Waals surface area contributed by atoms with Gasteiger partial charge in [-0.15, -0.1) is 0 Å². The maximum atomic E-state index is 13.5. The van der Waals surface area contributed by atoms with Gasteiger partial charge in [-0.1, -0.05) is 12.1 Å². The Hall–Kier alpha value is -1.62. The van der Waals surface area contributed by atoms with Gasteiger partial charge in [-0.05, 0) is 58.7 Å². The summed E-state index contributed by atoms with van der Waals surface area (Å²) in [6.07, 6.45) is 2.73. The molecule has 1 aromatic rings. The lowest BCUT2D eigenvalue weighted by molar-refractivity contribution is -0.160. The summed E-state index contributed by atoms with van der Waals surface area (Å²) in [5, 5.41) is 3.10. The predicted octanol–water partition coefficient (Wildman–Crippen LogP) is 3.43. The summed E-state index contributed by atoms with van der Waals surface area (Å²) in [6, 6.07) is 6.53. The van der Waals surface area contributed by atoms with Crippen molar-refractivity contribution in [3.8, 4) is 0 Å². The number of hydrogen-bond acceptors (Lipinski definition) is 4. The molecule has 2 rings (SSSR count). The molecular formula is C18H27FN2O2. The van der Waals surface area contributed by atoms with Crippen molar-refractivity contribution >= 4 is 11.7 Å². The number of hydrogen-bond donors (Lipinski definition) is 1. The highest BCUT2D eigenvalue weighted by molar-refractivity contribution is 5.76. The number of nitrogens with one attached hydrogen (secondary N) is 1. The highest BCUT2D eigenvalue weighted by atomic mass is 19.1. The topological polar surface area (TPSA) is 41.6 Å². The first-order valence-electron chi connectivity index (χ1n) is 8.32. The molecule has 1 aliphatic heterocycles. The molecule has 0 radical (unpaired) electrons. The van der Waals surface area contributed by atoms with Crippen LogP contribution in [0.2, 0.25) is 0 Å². The zero-order valence-electron chi connectivity index (χ0n) is 14.3. The third-order valence-corrected chi connectivity index (χ3v) is 3.85. The zero-order valence-corrected chi connectivity index (χ0v) is 14.3. The van der Waals surface area contributed by atoms with E-state index in [1.807, 2.05) is 26.8 Å². The van der Waals surface area contributed by atoms with Crippen LogP contribution < -0.4 is 5.32 Å². The molecule has 5 heteroatoms. The third kappa shape index (κ3) is 5.50. The van der Waals surface area contributed by atoms with Crippen LogP contribution in [0.3, 0.4) is 0 Å². The van der Waals surface area contributed by atoms with Crippen LogP contribution in [0.4, 0.5) is 10.1 Å². The number of rotatable bonds is 6. The first kappa shape index (κ1) is 17.7. The largest absolute Gasteiger partial charge is 0.459 e. The number of anilines is 1. The average Bonchev–Trinajstić information content (AvgIpc) is 2.92. The first-order valence-corrected chi connectivity index (χ1v) is 8.32. The SMILES string of the molecule is CC(C)(C)OC(=O)C1CCCN1CCCNc1ccccc1F. The lowest BCUT2D eigenvalue weighted by Gasteiger charge is -2.27. The fraction of sp³-hybridized carbons (Fsp3) is 0.611. The second-order valence-electron chi connectivity index (χ2n) is 6.99. The molecule has 1 N–H and O–H groups in total. The molecule has 1 aromatic carbocycles. The second kappa shape index (κ2) is 7.77. The number of nitrogens with zero attached hydrogens (tertiary/aromatic N) is 1. The van der Waals surface area contributed by atoms with E-state index in [9.17, 15) is 9.18 Å². The molecule has 1 atom stereocenters. The molecule has 0 spiro atoms. The molecule has 4 nitrogen and oxygen atoms in total. The quantitative estimate of drug-likeness (QED) is 0.643. The van der Waals surface area contributed by atoms with E-state index >= 15 is 0 Å². The summed E-state index contributed by atoms with van der Waals surface area (Å²) in [7, 11) is 0. The number of halogens is 1. The van der Waals surface area contributed by atoms with Crippen molar-refractivity contribution in [2.75, 3.05) is 25.0 Å². The lowest BCUT2D eigenvalue weighted by atomic mass is 10.1. The van der Waals surface area contributed by atoms with Crippen molar-refractivity contribution in [2.45, 2.75) is 51.7 Å². The minimum absolute atomic E-state index is 0.128. The maximum absolute atomic E-state index is 13.5. The number of likely N-dealkylation sites (tertiary alicyclic amines) is 1. The molecule has 1 fully saturated rings. The van der Waals surface area contributed by atoms with E-state index in [2.05, 4.69) is 10.2 Å². The third-order valence-electron chi connectivity index (χ3n) is 3.85. The van der Waals surface area contributed by atoms with Gasteiger partial charge in [0.15, 0.2) is 0 Å². The second-order valence-corrected chi connectivity index (χ2v) is 6.99. The number of benzene rings is 1. The Bertz CT molecular complexity index is 528. The van der Waals surface area contributed by atoms with Crippen LogP contribution in [0.1, 0.15) is 40.0 Å². The molecule has 0 saturated carbocycles. The van der Waals surface area contributed by atoms with Crippen LogP contribution >= 0.6 is 0 Å². The Morgan fingerprint density at radius 2 is 2.13 bits per heavy atom. The number of carbonyl (C=O) groups excluding carboxylic acids is 1. The molecule has 128 valence electrons. The molecule has 0 amide bonds. The fourth-order valence-corrected chi connectivity index (χ4v) is 2.84. The van der Waals surface area contributed by atoms with E-state index in [-0.39, 0.29) is 17.8 Å². The van der Waals surface area contributed by atoms with Crippen molar-refractivity contribution in [2.24, 2.45) is 0 Å². The molecule has 0 aromatic heterocycles. The lowest BCUT2D eigenvalue weighted by Crippen LogP contribution is -2.41. The summed E-state index contributed by atoms with van der Waals surface area (Å²) in [4.78, 5) is 14.4. The standard InChI is InChI=1S/C18H27FN2O2/c1-18(2,3)23-17(22)16-10-6-12-21(16)13-7-11-20-15-9-5-4-8-14(15)19/h4-5,8-9,16,20H,6-7,10-13H2,1-3H3. The van der Waals surface area contributed by atoms with Gasteiger partial charge in [0, 0.05) is 13.1 Å². The summed E-state index contributed by atoms with van der Waals surface area (Å²) in [6.45, 7) is 8.08. The van der Waals surface area contributed by atoms with Crippen LogP contribution in [0, 0.1) is 5.82 Å². The minimum atomic E-state index is -0.447. The smallest absolute Gasteiger partial charge is 0.323 e. The average molecular weight is 322 g/mol. The van der Waals surface area contributed by atoms with Crippen molar-refractivity contribution in [1.82, 2.24) is 4.90 Å². The number of para-hydroxylation sites is 1. The van der Waals surface area contributed by atoms with E-state index < -0.39 is 5.60 Å². The minimum Gasteiger partial charge on any atom is -0.459 e. The van der Waals surface area contributed by atoms with E-state index in [0.717, 1.165) is 32.4 Å².